The quantitative estimate of drug-likeness (QED) is 0.0819. The maximum absolute atomic E-state index is 15.2. The number of carbonyl (C=O) groups is 2. The molecule has 73 heavy (non-hydrogen) atoms. The molecule has 7 aromatic rings. The lowest BCUT2D eigenvalue weighted by Crippen LogP contribution is -2.50. The van der Waals surface area contributed by atoms with Crippen molar-refractivity contribution in [3.63, 3.8) is 0 Å². The van der Waals surface area contributed by atoms with Crippen molar-refractivity contribution in [3.05, 3.63) is 165 Å². The van der Waals surface area contributed by atoms with E-state index in [1.54, 1.807) is 60.7 Å². The standard InChI is InChI=1S/C54H46ClF4N7O7/c1-69-33-13-11-30(46(19-33)70-2)25-66-27-45-52(54(66)68)43(22-42(62-45)51-39(58)9-5-10-40(51)59)63-48-16-15-35(23-60-48)73-29-32(64-17-6-18-64)28-72-34-14-12-31(47(20-34)71-3)24-65-26-44-49(53(65)67)36(55)21-41(61-44)50-37(56)7-4-8-38(50)57/h4-5,7-16,19-23,32H,6,17-18,24-29H2,1-3H3,(H,60,62,63). The third-order valence-electron chi connectivity index (χ3n) is 13.0. The van der Waals surface area contributed by atoms with Gasteiger partial charge in [0.15, 0.2) is 0 Å². The first-order valence-electron chi connectivity index (χ1n) is 23.2. The summed E-state index contributed by atoms with van der Waals surface area (Å²) in [6.07, 6.45) is 2.57. The van der Waals surface area contributed by atoms with E-state index in [0.717, 1.165) is 49.3 Å². The molecule has 374 valence electrons. The summed E-state index contributed by atoms with van der Waals surface area (Å²) in [6, 6.07) is 23.8. The van der Waals surface area contributed by atoms with Crippen LogP contribution in [0.5, 0.6) is 28.7 Å². The van der Waals surface area contributed by atoms with Crippen molar-refractivity contribution >= 4 is 34.9 Å². The number of rotatable bonds is 18. The molecule has 1 fully saturated rings. The molecule has 3 aliphatic heterocycles. The number of ether oxygens (including phenoxy) is 5. The summed E-state index contributed by atoms with van der Waals surface area (Å²) in [7, 11) is 4.60. The number of pyridine rings is 3. The highest BCUT2D eigenvalue weighted by atomic mass is 35.5. The van der Waals surface area contributed by atoms with Crippen molar-refractivity contribution in [3.8, 4) is 51.3 Å². The molecule has 14 nitrogen and oxygen atoms in total. The van der Waals surface area contributed by atoms with Crippen molar-refractivity contribution in [1.82, 2.24) is 29.7 Å². The van der Waals surface area contributed by atoms with Crippen LogP contribution in [0, 0.1) is 23.3 Å². The molecule has 19 heteroatoms. The fourth-order valence-electron chi connectivity index (χ4n) is 9.14. The van der Waals surface area contributed by atoms with Crippen molar-refractivity contribution in [2.75, 3.05) is 52.9 Å². The SMILES string of the molecule is COc1ccc(CN2Cc3nc(-c4c(F)cccc4F)cc(Nc4ccc(OCC(COc5ccc(CN6Cc7nc(-c8c(F)cccc8F)cc(Cl)c7C6=O)c(OC)c5)N5CCC5)cn4)c3C2=O)c(OC)c1. The molecule has 2 amide bonds. The first-order valence-corrected chi connectivity index (χ1v) is 23.6. The van der Waals surface area contributed by atoms with Crippen LogP contribution in [0.4, 0.5) is 29.1 Å². The molecule has 1 saturated heterocycles. The van der Waals surface area contributed by atoms with Gasteiger partial charge in [-0.1, -0.05) is 23.7 Å². The summed E-state index contributed by atoms with van der Waals surface area (Å²) in [6.45, 7) is 2.72. The number of benzene rings is 4. The van der Waals surface area contributed by atoms with E-state index < -0.39 is 23.3 Å². The van der Waals surface area contributed by atoms with E-state index in [-0.39, 0.29) is 102 Å². The van der Waals surface area contributed by atoms with Gasteiger partial charge >= 0.3 is 0 Å². The van der Waals surface area contributed by atoms with Crippen LogP contribution in [0.1, 0.15) is 49.7 Å². The molecule has 0 spiro atoms. The van der Waals surface area contributed by atoms with Crippen LogP contribution < -0.4 is 29.0 Å². The van der Waals surface area contributed by atoms with Gasteiger partial charge in [-0.05, 0) is 92.3 Å². The first-order chi connectivity index (χ1) is 35.4. The van der Waals surface area contributed by atoms with Crippen molar-refractivity contribution in [1.29, 1.82) is 0 Å². The first kappa shape index (κ1) is 48.7. The Morgan fingerprint density at radius 1 is 0.616 bits per heavy atom. The normalized spacial score (nSPS) is 14.4. The van der Waals surface area contributed by atoms with E-state index in [1.165, 1.54) is 43.4 Å². The number of hydrogen-bond acceptors (Lipinski definition) is 12. The number of nitrogens with zero attached hydrogens (tertiary/aromatic N) is 6. The molecule has 6 heterocycles. The lowest BCUT2D eigenvalue weighted by Gasteiger charge is -2.37. The summed E-state index contributed by atoms with van der Waals surface area (Å²) >= 11 is 6.51. The van der Waals surface area contributed by atoms with Gasteiger partial charge in [0.25, 0.3) is 11.8 Å². The number of likely N-dealkylation sites (tertiary alicyclic amines) is 1. The zero-order valence-corrected chi connectivity index (χ0v) is 40.4. The smallest absolute Gasteiger partial charge is 0.258 e. The van der Waals surface area contributed by atoms with E-state index in [4.69, 9.17) is 35.3 Å². The molecule has 0 radical (unpaired) electrons. The summed E-state index contributed by atoms with van der Waals surface area (Å²) in [5.41, 5.74) is 2.12. The lowest BCUT2D eigenvalue weighted by atomic mass is 10.1. The molecule has 3 aromatic heterocycles. The van der Waals surface area contributed by atoms with Gasteiger partial charge in [0.1, 0.15) is 71.0 Å². The zero-order valence-electron chi connectivity index (χ0n) is 39.7. The Labute approximate surface area is 422 Å². The van der Waals surface area contributed by atoms with Crippen LogP contribution >= 0.6 is 11.6 Å². The van der Waals surface area contributed by atoms with E-state index in [2.05, 4.69) is 25.2 Å². The van der Waals surface area contributed by atoms with Crippen molar-refractivity contribution in [2.24, 2.45) is 0 Å². The molecule has 0 saturated carbocycles. The van der Waals surface area contributed by atoms with Crippen LogP contribution in [0.2, 0.25) is 5.02 Å². The molecule has 1 unspecified atom stereocenters. The largest absolute Gasteiger partial charge is 0.497 e. The second-order valence-corrected chi connectivity index (χ2v) is 17.9. The number of methoxy groups -OCH3 is 3. The van der Waals surface area contributed by atoms with E-state index in [0.29, 0.717) is 51.5 Å². The number of carbonyl (C=O) groups excluding carboxylic acids is 2. The average molecular weight is 1020 g/mol. The Kier molecular flexibility index (Phi) is 13.8. The van der Waals surface area contributed by atoms with Gasteiger partial charge in [0.2, 0.25) is 0 Å². The van der Waals surface area contributed by atoms with Crippen molar-refractivity contribution < 1.29 is 50.8 Å². The molecule has 0 aliphatic carbocycles. The van der Waals surface area contributed by atoms with Gasteiger partial charge in [-0.2, -0.15) is 0 Å². The minimum absolute atomic E-state index is 0.00260. The van der Waals surface area contributed by atoms with E-state index in [1.807, 2.05) is 6.07 Å². The summed E-state index contributed by atoms with van der Waals surface area (Å²) < 4.78 is 88.8. The van der Waals surface area contributed by atoms with Crippen molar-refractivity contribution in [2.45, 2.75) is 38.6 Å². The van der Waals surface area contributed by atoms with Crippen LogP contribution in [-0.2, 0) is 26.2 Å². The highest BCUT2D eigenvalue weighted by Crippen LogP contribution is 2.39. The van der Waals surface area contributed by atoms with Gasteiger partial charge in [-0.15, -0.1) is 0 Å². The Morgan fingerprint density at radius 2 is 1.14 bits per heavy atom. The molecule has 1 atom stereocenters. The number of halogens is 5. The Bertz CT molecular complexity index is 3230. The second-order valence-electron chi connectivity index (χ2n) is 17.5. The Hall–Kier alpha value is -7.96. The lowest BCUT2D eigenvalue weighted by molar-refractivity contribution is 0.0482. The van der Waals surface area contributed by atoms with Crippen LogP contribution in [0.25, 0.3) is 22.5 Å². The number of amides is 2. The maximum Gasteiger partial charge on any atom is 0.258 e. The summed E-state index contributed by atoms with van der Waals surface area (Å²) in [5, 5.41) is 3.25. The highest BCUT2D eigenvalue weighted by molar-refractivity contribution is 6.34. The van der Waals surface area contributed by atoms with E-state index >= 15 is 8.78 Å². The Balaban J connectivity index is 0.801. The molecule has 4 aromatic carbocycles. The average Bonchev–Trinajstić information content (AvgIpc) is 3.86. The fourth-order valence-corrected chi connectivity index (χ4v) is 9.43. The monoisotopic (exact) mass is 1020 g/mol. The number of fused-ring (bicyclic) bond motifs is 2. The third kappa shape index (κ3) is 9.87. The number of anilines is 2. The molecule has 0 bridgehead atoms. The predicted molar refractivity (Wildman–Crippen MR) is 262 cm³/mol. The van der Waals surface area contributed by atoms with Gasteiger partial charge in [-0.25, -0.2) is 32.5 Å². The molecule has 3 aliphatic rings. The molecule has 1 N–H and O–H groups in total. The van der Waals surface area contributed by atoms with Crippen LogP contribution in [0.3, 0.4) is 0 Å². The van der Waals surface area contributed by atoms with Crippen LogP contribution in [0.15, 0.2) is 103 Å². The maximum atomic E-state index is 15.2. The number of aromatic nitrogens is 3. The third-order valence-corrected chi connectivity index (χ3v) is 13.3. The van der Waals surface area contributed by atoms with E-state index in [9.17, 15) is 18.4 Å². The molecular weight excluding hydrogens is 970 g/mol. The van der Waals surface area contributed by atoms with Crippen LogP contribution in [-0.4, -0.2) is 95.1 Å². The van der Waals surface area contributed by atoms with Gasteiger partial charge in [0, 0.05) is 23.3 Å². The van der Waals surface area contributed by atoms with Gasteiger partial charge in [-0.3, -0.25) is 14.5 Å². The Morgan fingerprint density at radius 3 is 1.67 bits per heavy atom. The van der Waals surface area contributed by atoms with Gasteiger partial charge < -0.3 is 38.8 Å². The minimum Gasteiger partial charge on any atom is -0.497 e. The molecular formula is C54H46ClF4N7O7. The molecule has 10 rings (SSSR count). The van der Waals surface area contributed by atoms with Gasteiger partial charge in [0.05, 0.1) is 115 Å². The predicted octanol–water partition coefficient (Wildman–Crippen LogP) is 10.0. The second kappa shape index (κ2) is 20.6. The summed E-state index contributed by atoms with van der Waals surface area (Å²) in [5.74, 6) is -0.949. The topological polar surface area (TPSA) is 141 Å². The minimum atomic E-state index is -0.799. The fraction of sp³-hybridized carbons (Fsp3) is 0.241. The zero-order chi connectivity index (χ0) is 50.9. The number of nitrogens with one attached hydrogen (secondary N) is 1. The number of hydrogen-bond donors (Lipinski definition) is 1. The summed E-state index contributed by atoms with van der Waals surface area (Å²) in [4.78, 5) is 46.6. The highest BCUT2D eigenvalue weighted by Gasteiger charge is 2.35.